The number of ether oxygens (including phenoxy) is 2. The van der Waals surface area contributed by atoms with Gasteiger partial charge in [-0.15, -0.1) is 0 Å². The van der Waals surface area contributed by atoms with E-state index in [1.807, 2.05) is 0 Å². The van der Waals surface area contributed by atoms with Crippen molar-refractivity contribution in [3.63, 3.8) is 0 Å². The molecule has 1 aliphatic rings. The first-order chi connectivity index (χ1) is 8.88. The van der Waals surface area contributed by atoms with Crippen LogP contribution in [0.25, 0.3) is 0 Å². The molecule has 0 aromatic heterocycles. The summed E-state index contributed by atoms with van der Waals surface area (Å²) < 4.78 is 10.6. The molecule has 0 aliphatic carbocycles. The van der Waals surface area contributed by atoms with E-state index in [-0.39, 0.29) is 5.97 Å². The van der Waals surface area contributed by atoms with E-state index in [2.05, 4.69) is 32.9 Å². The maximum atomic E-state index is 11.4. The Morgan fingerprint density at radius 1 is 1.37 bits per heavy atom. The summed E-state index contributed by atoms with van der Waals surface area (Å²) in [5.74, 6) is -1.20. The molecule has 1 unspecified atom stereocenters. The Labute approximate surface area is 116 Å². The summed E-state index contributed by atoms with van der Waals surface area (Å²) in [6.45, 7) is 8.04. The first-order valence-corrected chi connectivity index (χ1v) is 6.65. The van der Waals surface area contributed by atoms with Gasteiger partial charge < -0.3 is 9.47 Å². The molecule has 106 valence electrons. The van der Waals surface area contributed by atoms with Crippen LogP contribution < -0.4 is 0 Å². The normalized spacial score (nSPS) is 23.1. The van der Waals surface area contributed by atoms with Gasteiger partial charge in [0.15, 0.2) is 0 Å². The van der Waals surface area contributed by atoms with Gasteiger partial charge in [0.25, 0.3) is 0 Å². The molecule has 19 heavy (non-hydrogen) atoms. The Morgan fingerprint density at radius 3 is 2.53 bits per heavy atom. The van der Waals surface area contributed by atoms with E-state index in [0.29, 0.717) is 12.0 Å². The van der Waals surface area contributed by atoms with Gasteiger partial charge in [0.1, 0.15) is 0 Å². The van der Waals surface area contributed by atoms with Crippen molar-refractivity contribution < 1.29 is 14.3 Å². The Morgan fingerprint density at radius 2 is 2.05 bits per heavy atom. The quantitative estimate of drug-likeness (QED) is 0.539. The summed E-state index contributed by atoms with van der Waals surface area (Å²) in [6, 6.07) is 0. The van der Waals surface area contributed by atoms with Crippen LogP contribution in [0.2, 0.25) is 0 Å². The van der Waals surface area contributed by atoms with Gasteiger partial charge in [0, 0.05) is 19.1 Å². The third-order valence-corrected chi connectivity index (χ3v) is 3.20. The summed E-state index contributed by atoms with van der Waals surface area (Å²) in [4.78, 5) is 11.4. The van der Waals surface area contributed by atoms with E-state index in [4.69, 9.17) is 9.47 Å². The molecule has 0 aromatic carbocycles. The van der Waals surface area contributed by atoms with Gasteiger partial charge in [0.2, 0.25) is 5.79 Å². The average molecular weight is 264 g/mol. The van der Waals surface area contributed by atoms with Gasteiger partial charge in [-0.2, -0.15) is 0 Å². The molecule has 0 bridgehead atoms. The van der Waals surface area contributed by atoms with Gasteiger partial charge in [0.05, 0.1) is 0 Å². The van der Waals surface area contributed by atoms with Crippen molar-refractivity contribution in [2.75, 3.05) is 7.11 Å². The Kier molecular flexibility index (Phi) is 5.55. The summed E-state index contributed by atoms with van der Waals surface area (Å²) in [7, 11) is 1.56. The zero-order chi connectivity index (χ0) is 14.5. The van der Waals surface area contributed by atoms with Crippen LogP contribution >= 0.6 is 0 Å². The number of hydrogen-bond acceptors (Lipinski definition) is 3. The molecule has 0 saturated heterocycles. The highest BCUT2D eigenvalue weighted by Crippen LogP contribution is 2.29. The van der Waals surface area contributed by atoms with Crippen molar-refractivity contribution in [1.82, 2.24) is 0 Å². The predicted octanol–water partition coefficient (Wildman–Crippen LogP) is 3.92. The van der Waals surface area contributed by atoms with Crippen LogP contribution in [0, 0.1) is 0 Å². The Balaban J connectivity index is 2.58. The predicted molar refractivity (Wildman–Crippen MR) is 76.6 cm³/mol. The van der Waals surface area contributed by atoms with Gasteiger partial charge >= 0.3 is 5.97 Å². The van der Waals surface area contributed by atoms with Crippen LogP contribution in [0.1, 0.15) is 47.0 Å². The molecule has 0 radical (unpaired) electrons. The van der Waals surface area contributed by atoms with Gasteiger partial charge in [-0.05, 0) is 46.6 Å². The van der Waals surface area contributed by atoms with Crippen molar-refractivity contribution in [2.45, 2.75) is 52.7 Å². The summed E-state index contributed by atoms with van der Waals surface area (Å²) in [5.41, 5.74) is 3.23. The van der Waals surface area contributed by atoms with Crippen LogP contribution in [0.15, 0.2) is 34.9 Å². The highest BCUT2D eigenvalue weighted by molar-refractivity contribution is 5.90. The summed E-state index contributed by atoms with van der Waals surface area (Å²) in [6.07, 6.45) is 8.69. The van der Waals surface area contributed by atoms with E-state index in [9.17, 15) is 4.79 Å². The molecular formula is C16H24O3. The van der Waals surface area contributed by atoms with Crippen LogP contribution in [-0.2, 0) is 14.3 Å². The van der Waals surface area contributed by atoms with Crippen LogP contribution in [-0.4, -0.2) is 18.9 Å². The molecule has 0 fully saturated rings. The zero-order valence-corrected chi connectivity index (χ0v) is 12.6. The number of carbonyl (C=O) groups is 1. The fourth-order valence-corrected chi connectivity index (χ4v) is 1.95. The maximum Gasteiger partial charge on any atom is 0.336 e. The smallest absolute Gasteiger partial charge is 0.336 e. The Bertz CT molecular complexity index is 425. The third-order valence-electron chi connectivity index (χ3n) is 3.20. The monoisotopic (exact) mass is 264 g/mol. The highest BCUT2D eigenvalue weighted by Gasteiger charge is 2.37. The lowest BCUT2D eigenvalue weighted by Gasteiger charge is -2.23. The molecule has 0 saturated carbocycles. The molecule has 1 rings (SSSR count). The fraction of sp³-hybridized carbons (Fsp3) is 0.562. The molecule has 0 aromatic rings. The molecule has 3 nitrogen and oxygen atoms in total. The molecule has 1 aliphatic heterocycles. The maximum absolute atomic E-state index is 11.4. The second-order valence-corrected chi connectivity index (χ2v) is 5.31. The van der Waals surface area contributed by atoms with E-state index in [1.165, 1.54) is 11.1 Å². The standard InChI is InChI=1S/C16H24O3/c1-12(2)7-6-8-13(3)9-10-16(18-5)11-14(4)15(17)19-16/h7,9,11H,6,8,10H2,1-5H3. The van der Waals surface area contributed by atoms with Crippen LogP contribution in [0.5, 0.6) is 0 Å². The van der Waals surface area contributed by atoms with E-state index in [1.54, 1.807) is 20.1 Å². The largest absolute Gasteiger partial charge is 0.426 e. The topological polar surface area (TPSA) is 35.5 Å². The minimum Gasteiger partial charge on any atom is -0.426 e. The van der Waals surface area contributed by atoms with Crippen molar-refractivity contribution in [2.24, 2.45) is 0 Å². The fourth-order valence-electron chi connectivity index (χ4n) is 1.95. The number of allylic oxidation sites excluding steroid dienone is 3. The van der Waals surface area contributed by atoms with Crippen LogP contribution in [0.3, 0.4) is 0 Å². The highest BCUT2D eigenvalue weighted by atomic mass is 16.7. The molecule has 3 heteroatoms. The van der Waals surface area contributed by atoms with Crippen molar-refractivity contribution in [3.8, 4) is 0 Å². The molecule has 1 heterocycles. The first kappa shape index (κ1) is 15.7. The third kappa shape index (κ3) is 4.67. The molecule has 0 amide bonds. The van der Waals surface area contributed by atoms with E-state index >= 15 is 0 Å². The number of cyclic esters (lactones) is 1. The van der Waals surface area contributed by atoms with E-state index < -0.39 is 5.79 Å². The summed E-state index contributed by atoms with van der Waals surface area (Å²) >= 11 is 0. The van der Waals surface area contributed by atoms with E-state index in [0.717, 1.165) is 12.8 Å². The molecule has 0 N–H and O–H groups in total. The number of rotatable bonds is 6. The first-order valence-electron chi connectivity index (χ1n) is 6.65. The zero-order valence-electron chi connectivity index (χ0n) is 12.6. The minimum absolute atomic E-state index is 0.294. The Hall–Kier alpha value is -1.35. The second-order valence-electron chi connectivity index (χ2n) is 5.31. The lowest BCUT2D eigenvalue weighted by atomic mass is 10.1. The summed E-state index contributed by atoms with van der Waals surface area (Å²) in [5, 5.41) is 0. The molecule has 0 spiro atoms. The van der Waals surface area contributed by atoms with Gasteiger partial charge in [-0.3, -0.25) is 0 Å². The number of methoxy groups -OCH3 is 1. The van der Waals surface area contributed by atoms with Crippen molar-refractivity contribution in [3.05, 3.63) is 34.9 Å². The molecular weight excluding hydrogens is 240 g/mol. The van der Waals surface area contributed by atoms with Crippen LogP contribution in [0.4, 0.5) is 0 Å². The minimum atomic E-state index is -0.904. The lowest BCUT2D eigenvalue weighted by molar-refractivity contribution is -0.187. The van der Waals surface area contributed by atoms with Crippen molar-refractivity contribution in [1.29, 1.82) is 0 Å². The second kappa shape index (κ2) is 6.71. The number of hydrogen-bond donors (Lipinski definition) is 0. The SMILES string of the molecule is COC1(CC=C(C)CCC=C(C)C)C=C(C)C(=O)O1. The number of esters is 1. The lowest BCUT2D eigenvalue weighted by Crippen LogP contribution is -2.29. The number of carbonyl (C=O) groups excluding carboxylic acids is 1. The average Bonchev–Trinajstić information content (AvgIpc) is 2.63. The molecule has 1 atom stereocenters. The van der Waals surface area contributed by atoms with Gasteiger partial charge in [-0.1, -0.05) is 23.3 Å². The van der Waals surface area contributed by atoms with Crippen molar-refractivity contribution >= 4 is 5.97 Å². The van der Waals surface area contributed by atoms with Gasteiger partial charge in [-0.25, -0.2) is 4.79 Å².